The predicted octanol–water partition coefficient (Wildman–Crippen LogP) is 2.50. The van der Waals surface area contributed by atoms with E-state index in [-0.39, 0.29) is 5.91 Å². The molecule has 3 rings (SSSR count). The Labute approximate surface area is 149 Å². The molecule has 0 bridgehead atoms. The number of aromatic nitrogens is 1. The molecule has 132 valence electrons. The SMILES string of the molecule is CN(C)c1ncccc1C(=O)N1CCCN(Cc2ccccc2)CC1. The second-order valence-corrected chi connectivity index (χ2v) is 6.68. The lowest BCUT2D eigenvalue weighted by Gasteiger charge is -2.24. The smallest absolute Gasteiger partial charge is 0.257 e. The summed E-state index contributed by atoms with van der Waals surface area (Å²) < 4.78 is 0. The van der Waals surface area contributed by atoms with Crippen molar-refractivity contribution < 1.29 is 4.79 Å². The van der Waals surface area contributed by atoms with Gasteiger partial charge in [-0.1, -0.05) is 30.3 Å². The van der Waals surface area contributed by atoms with Gasteiger partial charge in [-0.05, 0) is 24.1 Å². The Bertz CT molecular complexity index is 702. The summed E-state index contributed by atoms with van der Waals surface area (Å²) in [5.74, 6) is 0.816. The highest BCUT2D eigenvalue weighted by atomic mass is 16.2. The third-order valence-corrected chi connectivity index (χ3v) is 4.57. The molecule has 1 aliphatic rings. The highest BCUT2D eigenvalue weighted by molar-refractivity contribution is 5.98. The Morgan fingerprint density at radius 3 is 2.60 bits per heavy atom. The van der Waals surface area contributed by atoms with Crippen LogP contribution in [0, 0.1) is 0 Å². The van der Waals surface area contributed by atoms with E-state index < -0.39 is 0 Å². The van der Waals surface area contributed by atoms with Gasteiger partial charge in [-0.15, -0.1) is 0 Å². The number of carbonyl (C=O) groups is 1. The van der Waals surface area contributed by atoms with Gasteiger partial charge in [0.2, 0.25) is 0 Å². The number of rotatable bonds is 4. The lowest BCUT2D eigenvalue weighted by Crippen LogP contribution is -2.36. The van der Waals surface area contributed by atoms with E-state index in [1.54, 1.807) is 6.20 Å². The number of benzene rings is 1. The zero-order chi connectivity index (χ0) is 17.6. The minimum Gasteiger partial charge on any atom is -0.362 e. The standard InChI is InChI=1S/C20H26N4O/c1-22(2)19-18(10-6-11-21-19)20(25)24-13-7-12-23(14-15-24)16-17-8-4-3-5-9-17/h3-6,8-11H,7,12-16H2,1-2H3. The van der Waals surface area contributed by atoms with Crippen molar-refractivity contribution in [3.8, 4) is 0 Å². The molecule has 25 heavy (non-hydrogen) atoms. The number of hydrogen-bond acceptors (Lipinski definition) is 4. The molecule has 0 N–H and O–H groups in total. The number of anilines is 1. The van der Waals surface area contributed by atoms with Gasteiger partial charge >= 0.3 is 0 Å². The molecule has 2 heterocycles. The quantitative estimate of drug-likeness (QED) is 0.859. The first kappa shape index (κ1) is 17.4. The summed E-state index contributed by atoms with van der Waals surface area (Å²) in [6.07, 6.45) is 2.73. The molecule has 1 fully saturated rings. The molecule has 0 unspecified atom stereocenters. The van der Waals surface area contributed by atoms with Crippen molar-refractivity contribution in [2.24, 2.45) is 0 Å². The highest BCUT2D eigenvalue weighted by Gasteiger charge is 2.23. The van der Waals surface area contributed by atoms with Gasteiger partial charge in [0.15, 0.2) is 0 Å². The fraction of sp³-hybridized carbons (Fsp3) is 0.400. The Morgan fingerprint density at radius 2 is 1.84 bits per heavy atom. The molecule has 5 nitrogen and oxygen atoms in total. The molecular weight excluding hydrogens is 312 g/mol. The van der Waals surface area contributed by atoms with E-state index in [1.165, 1.54) is 5.56 Å². The van der Waals surface area contributed by atoms with Crippen LogP contribution in [0.3, 0.4) is 0 Å². The average Bonchev–Trinajstić information content (AvgIpc) is 2.87. The van der Waals surface area contributed by atoms with Crippen LogP contribution in [0.15, 0.2) is 48.7 Å². The minimum absolute atomic E-state index is 0.0818. The lowest BCUT2D eigenvalue weighted by molar-refractivity contribution is 0.0761. The van der Waals surface area contributed by atoms with Crippen LogP contribution in [0.1, 0.15) is 22.3 Å². The van der Waals surface area contributed by atoms with E-state index in [1.807, 2.05) is 42.1 Å². The maximum atomic E-state index is 13.0. The summed E-state index contributed by atoms with van der Waals surface area (Å²) in [5, 5.41) is 0. The van der Waals surface area contributed by atoms with Crippen molar-refractivity contribution in [1.29, 1.82) is 0 Å². The molecule has 1 aromatic carbocycles. The monoisotopic (exact) mass is 338 g/mol. The van der Waals surface area contributed by atoms with Crippen LogP contribution in [0.2, 0.25) is 0 Å². The van der Waals surface area contributed by atoms with Crippen LogP contribution in [-0.4, -0.2) is 61.0 Å². The summed E-state index contributed by atoms with van der Waals surface area (Å²) in [6.45, 7) is 4.42. The van der Waals surface area contributed by atoms with Crippen LogP contribution in [0.5, 0.6) is 0 Å². The first-order valence-corrected chi connectivity index (χ1v) is 8.83. The molecule has 0 spiro atoms. The third kappa shape index (κ3) is 4.37. The van der Waals surface area contributed by atoms with Crippen LogP contribution < -0.4 is 4.90 Å². The van der Waals surface area contributed by atoms with Crippen molar-refractivity contribution in [2.45, 2.75) is 13.0 Å². The van der Waals surface area contributed by atoms with Gasteiger partial charge in [0.05, 0.1) is 5.56 Å². The molecule has 5 heteroatoms. The summed E-state index contributed by atoms with van der Waals surface area (Å²) >= 11 is 0. The lowest BCUT2D eigenvalue weighted by atomic mass is 10.2. The second kappa shape index (κ2) is 8.12. The van der Waals surface area contributed by atoms with Crippen LogP contribution in [-0.2, 0) is 6.54 Å². The second-order valence-electron chi connectivity index (χ2n) is 6.68. The fourth-order valence-electron chi connectivity index (χ4n) is 3.26. The zero-order valence-electron chi connectivity index (χ0n) is 15.1. The van der Waals surface area contributed by atoms with Gasteiger partial charge < -0.3 is 9.80 Å². The van der Waals surface area contributed by atoms with Gasteiger partial charge in [-0.25, -0.2) is 4.98 Å². The van der Waals surface area contributed by atoms with Crippen LogP contribution >= 0.6 is 0 Å². The summed E-state index contributed by atoms with van der Waals surface area (Å²) in [7, 11) is 3.84. The van der Waals surface area contributed by atoms with E-state index in [0.717, 1.165) is 45.0 Å². The maximum absolute atomic E-state index is 13.0. The van der Waals surface area contributed by atoms with Gasteiger partial charge in [-0.3, -0.25) is 9.69 Å². The summed E-state index contributed by atoms with van der Waals surface area (Å²) in [4.78, 5) is 23.6. The number of nitrogens with zero attached hydrogens (tertiary/aromatic N) is 4. The van der Waals surface area contributed by atoms with Crippen molar-refractivity contribution in [1.82, 2.24) is 14.8 Å². The first-order valence-electron chi connectivity index (χ1n) is 8.83. The number of amides is 1. The molecule has 0 saturated carbocycles. The summed E-state index contributed by atoms with van der Waals surface area (Å²) in [6, 6.07) is 14.2. The number of hydrogen-bond donors (Lipinski definition) is 0. The largest absolute Gasteiger partial charge is 0.362 e. The fourth-order valence-corrected chi connectivity index (χ4v) is 3.26. The van der Waals surface area contributed by atoms with Crippen molar-refractivity contribution in [3.05, 3.63) is 59.8 Å². The van der Waals surface area contributed by atoms with E-state index in [4.69, 9.17) is 0 Å². The highest BCUT2D eigenvalue weighted by Crippen LogP contribution is 2.18. The van der Waals surface area contributed by atoms with Crippen molar-refractivity contribution in [2.75, 3.05) is 45.2 Å². The van der Waals surface area contributed by atoms with Gasteiger partial charge in [0.1, 0.15) is 5.82 Å². The molecule has 1 aliphatic heterocycles. The Kier molecular flexibility index (Phi) is 5.66. The Hall–Kier alpha value is -2.40. The van der Waals surface area contributed by atoms with E-state index >= 15 is 0 Å². The third-order valence-electron chi connectivity index (χ3n) is 4.57. The normalized spacial score (nSPS) is 15.7. The van der Waals surface area contributed by atoms with E-state index in [2.05, 4.69) is 34.1 Å². The molecule has 0 atom stereocenters. The van der Waals surface area contributed by atoms with Gasteiger partial charge in [0, 0.05) is 53.0 Å². The minimum atomic E-state index is 0.0818. The van der Waals surface area contributed by atoms with Crippen LogP contribution in [0.4, 0.5) is 5.82 Å². The summed E-state index contributed by atoms with van der Waals surface area (Å²) in [5.41, 5.74) is 2.01. The maximum Gasteiger partial charge on any atom is 0.257 e. The molecule has 0 radical (unpaired) electrons. The predicted molar refractivity (Wildman–Crippen MR) is 101 cm³/mol. The molecule has 0 aliphatic carbocycles. The van der Waals surface area contributed by atoms with Crippen LogP contribution in [0.25, 0.3) is 0 Å². The van der Waals surface area contributed by atoms with Crippen molar-refractivity contribution in [3.63, 3.8) is 0 Å². The zero-order valence-corrected chi connectivity index (χ0v) is 15.1. The molecule has 1 amide bonds. The molecule has 1 saturated heterocycles. The van der Waals surface area contributed by atoms with Gasteiger partial charge in [-0.2, -0.15) is 0 Å². The molecular formula is C20H26N4O. The van der Waals surface area contributed by atoms with Crippen molar-refractivity contribution >= 4 is 11.7 Å². The van der Waals surface area contributed by atoms with Gasteiger partial charge in [0.25, 0.3) is 5.91 Å². The first-order chi connectivity index (χ1) is 12.1. The molecule has 1 aromatic heterocycles. The topological polar surface area (TPSA) is 39.7 Å². The Morgan fingerprint density at radius 1 is 1.04 bits per heavy atom. The average molecular weight is 338 g/mol. The molecule has 2 aromatic rings. The Balaban J connectivity index is 1.66. The number of pyridine rings is 1. The van der Waals surface area contributed by atoms with E-state index in [9.17, 15) is 4.79 Å². The number of carbonyl (C=O) groups excluding carboxylic acids is 1. The van der Waals surface area contributed by atoms with E-state index in [0.29, 0.717) is 5.56 Å².